The second-order valence-electron chi connectivity index (χ2n) is 6.06. The number of rotatable bonds is 5. The van der Waals surface area contributed by atoms with Crippen LogP contribution >= 0.6 is 0 Å². The average Bonchev–Trinajstić information content (AvgIpc) is 2.24. The molecule has 5 heteroatoms. The normalized spacial score (nSPS) is 14.2. The van der Waals surface area contributed by atoms with Gasteiger partial charge in [-0.05, 0) is 37.1 Å². The van der Waals surface area contributed by atoms with E-state index in [4.69, 9.17) is 0 Å². The second kappa shape index (κ2) is 5.92. The van der Waals surface area contributed by atoms with E-state index in [1.54, 1.807) is 6.07 Å². The van der Waals surface area contributed by atoms with Crippen LogP contribution in [0.3, 0.4) is 0 Å². The molecule has 0 fully saturated rings. The van der Waals surface area contributed by atoms with Gasteiger partial charge in [0.2, 0.25) is 10.0 Å². The zero-order valence-electron chi connectivity index (χ0n) is 12.3. The van der Waals surface area contributed by atoms with E-state index in [0.29, 0.717) is 5.69 Å². The van der Waals surface area contributed by atoms with Gasteiger partial charge in [0, 0.05) is 11.7 Å². The lowest BCUT2D eigenvalue weighted by Crippen LogP contribution is -2.26. The Hall–Kier alpha value is -1.07. The monoisotopic (exact) mass is 284 g/mol. The minimum Gasteiger partial charge on any atom is -0.313 e. The van der Waals surface area contributed by atoms with Crippen molar-refractivity contribution in [3.05, 3.63) is 29.8 Å². The Kier molecular flexibility index (Phi) is 4.98. The van der Waals surface area contributed by atoms with Crippen molar-refractivity contribution >= 4 is 15.7 Å². The van der Waals surface area contributed by atoms with Crippen molar-refractivity contribution in [2.45, 2.75) is 33.7 Å². The highest BCUT2D eigenvalue weighted by atomic mass is 32.2. The molecule has 1 aromatic carbocycles. The molecule has 0 aromatic heterocycles. The largest absolute Gasteiger partial charge is 0.313 e. The predicted molar refractivity (Wildman–Crippen MR) is 80.8 cm³/mol. The van der Waals surface area contributed by atoms with Crippen LogP contribution in [-0.4, -0.2) is 21.2 Å². The summed E-state index contributed by atoms with van der Waals surface area (Å²) in [4.78, 5) is 0. The highest BCUT2D eigenvalue weighted by Gasteiger charge is 2.21. The molecule has 0 spiro atoms. The number of sulfonamides is 1. The lowest BCUT2D eigenvalue weighted by Gasteiger charge is -2.19. The minimum absolute atomic E-state index is 0.103. The zero-order valence-corrected chi connectivity index (χ0v) is 13.1. The maximum Gasteiger partial charge on any atom is 0.233 e. The molecule has 0 amide bonds. The molecule has 2 N–H and O–H groups in total. The predicted octanol–water partition coefficient (Wildman–Crippen LogP) is 2.75. The Morgan fingerprint density at radius 3 is 2.42 bits per heavy atom. The van der Waals surface area contributed by atoms with E-state index in [9.17, 15) is 8.42 Å². The Labute approximate surface area is 116 Å². The molecule has 1 rings (SSSR count). The summed E-state index contributed by atoms with van der Waals surface area (Å²) in [7, 11) is -1.44. The quantitative estimate of drug-likeness (QED) is 0.874. The fraction of sp³-hybridized carbons (Fsp3) is 0.571. The van der Waals surface area contributed by atoms with Gasteiger partial charge in [-0.2, -0.15) is 0 Å². The van der Waals surface area contributed by atoms with Gasteiger partial charge in [-0.3, -0.25) is 4.72 Å². The summed E-state index contributed by atoms with van der Waals surface area (Å²) in [5, 5.41) is 3.13. The molecule has 0 bridgehead atoms. The average molecular weight is 284 g/mol. The van der Waals surface area contributed by atoms with Gasteiger partial charge >= 0.3 is 0 Å². The third kappa shape index (κ3) is 5.61. The van der Waals surface area contributed by atoms with Crippen molar-refractivity contribution in [2.75, 3.05) is 17.5 Å². The molecule has 0 heterocycles. The van der Waals surface area contributed by atoms with E-state index in [-0.39, 0.29) is 17.2 Å². The standard InChI is InChI=1S/C14H24N2O2S/c1-11(15-5)12-7-6-8-13(9-12)16-19(17,18)10-14(2,3)4/h6-9,11,15-16H,10H2,1-5H3. The lowest BCUT2D eigenvalue weighted by molar-refractivity contribution is 0.463. The Morgan fingerprint density at radius 1 is 1.26 bits per heavy atom. The van der Waals surface area contributed by atoms with Crippen LogP contribution in [-0.2, 0) is 10.0 Å². The fourth-order valence-corrected chi connectivity index (χ4v) is 3.52. The van der Waals surface area contributed by atoms with Crippen molar-refractivity contribution < 1.29 is 8.42 Å². The van der Waals surface area contributed by atoms with Gasteiger partial charge in [0.25, 0.3) is 0 Å². The molecular formula is C14H24N2O2S. The minimum atomic E-state index is -3.31. The number of nitrogens with one attached hydrogen (secondary N) is 2. The lowest BCUT2D eigenvalue weighted by atomic mass is 10.0. The molecule has 0 saturated heterocycles. The molecule has 0 aliphatic rings. The van der Waals surface area contributed by atoms with E-state index < -0.39 is 10.0 Å². The third-order valence-corrected chi connectivity index (χ3v) is 4.51. The number of anilines is 1. The summed E-state index contributed by atoms with van der Waals surface area (Å²) in [5.41, 5.74) is 1.41. The highest BCUT2D eigenvalue weighted by molar-refractivity contribution is 7.92. The maximum atomic E-state index is 12.0. The highest BCUT2D eigenvalue weighted by Crippen LogP contribution is 2.21. The van der Waals surface area contributed by atoms with Crippen LogP contribution in [0.15, 0.2) is 24.3 Å². The van der Waals surface area contributed by atoms with E-state index in [2.05, 4.69) is 10.0 Å². The first-order valence-corrected chi connectivity index (χ1v) is 8.06. The van der Waals surface area contributed by atoms with Gasteiger partial charge in [-0.25, -0.2) is 8.42 Å². The van der Waals surface area contributed by atoms with Crippen LogP contribution in [0.2, 0.25) is 0 Å². The summed E-state index contributed by atoms with van der Waals surface area (Å²) in [6, 6.07) is 7.65. The van der Waals surface area contributed by atoms with E-state index in [1.165, 1.54) is 0 Å². The SMILES string of the molecule is CNC(C)c1cccc(NS(=O)(=O)CC(C)(C)C)c1. The van der Waals surface area contributed by atoms with Crippen molar-refractivity contribution in [3.8, 4) is 0 Å². The first kappa shape index (κ1) is 16.0. The van der Waals surface area contributed by atoms with Gasteiger partial charge in [-0.15, -0.1) is 0 Å². The first-order chi connectivity index (χ1) is 8.63. The molecular weight excluding hydrogens is 260 g/mol. The summed E-state index contributed by atoms with van der Waals surface area (Å²) < 4.78 is 26.7. The molecule has 1 aromatic rings. The van der Waals surface area contributed by atoms with Crippen LogP contribution < -0.4 is 10.0 Å². The fourth-order valence-electron chi connectivity index (χ4n) is 1.82. The van der Waals surface area contributed by atoms with Crippen molar-refractivity contribution in [2.24, 2.45) is 5.41 Å². The molecule has 1 unspecified atom stereocenters. The molecule has 0 radical (unpaired) electrons. The van der Waals surface area contributed by atoms with Crippen LogP contribution in [0, 0.1) is 5.41 Å². The topological polar surface area (TPSA) is 58.2 Å². The summed E-state index contributed by atoms with van der Waals surface area (Å²) in [6.07, 6.45) is 0. The molecule has 0 saturated carbocycles. The van der Waals surface area contributed by atoms with Crippen molar-refractivity contribution in [1.29, 1.82) is 0 Å². The molecule has 0 aliphatic heterocycles. The number of hydrogen-bond donors (Lipinski definition) is 2. The van der Waals surface area contributed by atoms with Crippen LogP contribution in [0.5, 0.6) is 0 Å². The van der Waals surface area contributed by atoms with E-state index in [0.717, 1.165) is 5.56 Å². The van der Waals surface area contributed by atoms with Crippen molar-refractivity contribution in [3.63, 3.8) is 0 Å². The Bertz CT molecular complexity index is 518. The first-order valence-electron chi connectivity index (χ1n) is 6.41. The smallest absolute Gasteiger partial charge is 0.233 e. The summed E-state index contributed by atoms with van der Waals surface area (Å²) in [5.74, 6) is 0.103. The van der Waals surface area contributed by atoms with Crippen LogP contribution in [0.25, 0.3) is 0 Å². The molecule has 1 atom stereocenters. The van der Waals surface area contributed by atoms with E-state index >= 15 is 0 Å². The summed E-state index contributed by atoms with van der Waals surface area (Å²) >= 11 is 0. The van der Waals surface area contributed by atoms with Crippen LogP contribution in [0.4, 0.5) is 5.69 Å². The molecule has 4 nitrogen and oxygen atoms in total. The zero-order chi connectivity index (χ0) is 14.7. The van der Waals surface area contributed by atoms with Gasteiger partial charge in [0.05, 0.1) is 5.75 Å². The van der Waals surface area contributed by atoms with Gasteiger partial charge in [0.15, 0.2) is 0 Å². The maximum absolute atomic E-state index is 12.0. The third-order valence-electron chi connectivity index (χ3n) is 2.72. The van der Waals surface area contributed by atoms with Gasteiger partial charge in [-0.1, -0.05) is 32.9 Å². The van der Waals surface area contributed by atoms with E-state index in [1.807, 2.05) is 52.9 Å². The van der Waals surface area contributed by atoms with Gasteiger partial charge < -0.3 is 5.32 Å². The number of benzene rings is 1. The Morgan fingerprint density at radius 2 is 1.89 bits per heavy atom. The Balaban J connectivity index is 2.88. The summed E-state index contributed by atoms with van der Waals surface area (Å²) in [6.45, 7) is 7.76. The van der Waals surface area contributed by atoms with Crippen molar-refractivity contribution in [1.82, 2.24) is 5.32 Å². The molecule has 19 heavy (non-hydrogen) atoms. The van der Waals surface area contributed by atoms with Gasteiger partial charge in [0.1, 0.15) is 0 Å². The van der Waals surface area contributed by atoms with Crippen LogP contribution in [0.1, 0.15) is 39.3 Å². The second-order valence-corrected chi connectivity index (χ2v) is 7.78. The molecule has 0 aliphatic carbocycles. The number of hydrogen-bond acceptors (Lipinski definition) is 3. The molecule has 108 valence electrons.